The molecule has 0 aromatic heterocycles. The standard InChI is InChI=1S/C13H18F3NO2/c1-10(9-13(14,15)16)17-7-8-19-12-5-3-11(18-2)4-6-12/h3-6,10,17H,7-9H2,1-2H3. The highest BCUT2D eigenvalue weighted by atomic mass is 19.4. The number of ether oxygens (including phenoxy) is 2. The zero-order valence-electron chi connectivity index (χ0n) is 11.0. The van der Waals surface area contributed by atoms with E-state index in [9.17, 15) is 13.2 Å². The van der Waals surface area contributed by atoms with Crippen molar-refractivity contribution in [3.63, 3.8) is 0 Å². The number of hydrogen-bond donors (Lipinski definition) is 1. The van der Waals surface area contributed by atoms with E-state index in [1.54, 1.807) is 31.4 Å². The molecule has 3 nitrogen and oxygen atoms in total. The summed E-state index contributed by atoms with van der Waals surface area (Å²) in [5.41, 5.74) is 0. The molecule has 1 rings (SSSR count). The van der Waals surface area contributed by atoms with Gasteiger partial charge in [0.1, 0.15) is 18.1 Å². The number of alkyl halides is 3. The third-order valence-corrected chi connectivity index (χ3v) is 2.46. The molecule has 0 aliphatic carbocycles. The van der Waals surface area contributed by atoms with Crippen LogP contribution >= 0.6 is 0 Å². The first kappa shape index (κ1) is 15.6. The van der Waals surface area contributed by atoms with Gasteiger partial charge < -0.3 is 14.8 Å². The van der Waals surface area contributed by atoms with E-state index in [1.165, 1.54) is 6.92 Å². The lowest BCUT2D eigenvalue weighted by Crippen LogP contribution is -2.33. The fourth-order valence-electron chi connectivity index (χ4n) is 1.57. The maximum atomic E-state index is 12.1. The van der Waals surface area contributed by atoms with E-state index < -0.39 is 18.6 Å². The summed E-state index contributed by atoms with van der Waals surface area (Å²) in [5.74, 6) is 1.38. The van der Waals surface area contributed by atoms with Crippen molar-refractivity contribution in [2.24, 2.45) is 0 Å². The SMILES string of the molecule is COc1ccc(OCCNC(C)CC(F)(F)F)cc1. The Balaban J connectivity index is 2.19. The maximum Gasteiger partial charge on any atom is 0.390 e. The predicted octanol–water partition coefficient (Wildman–Crippen LogP) is 3.00. The molecule has 1 aromatic rings. The Bertz CT molecular complexity index is 365. The summed E-state index contributed by atoms with van der Waals surface area (Å²) >= 11 is 0. The molecule has 1 atom stereocenters. The predicted molar refractivity (Wildman–Crippen MR) is 66.6 cm³/mol. The van der Waals surface area contributed by atoms with Crippen molar-refractivity contribution in [3.8, 4) is 11.5 Å². The second kappa shape index (κ2) is 7.23. The van der Waals surface area contributed by atoms with Crippen LogP contribution in [0, 0.1) is 0 Å². The van der Waals surface area contributed by atoms with Crippen LogP contribution in [0.15, 0.2) is 24.3 Å². The molecule has 1 unspecified atom stereocenters. The smallest absolute Gasteiger partial charge is 0.390 e. The minimum Gasteiger partial charge on any atom is -0.497 e. The fourth-order valence-corrected chi connectivity index (χ4v) is 1.57. The minimum atomic E-state index is -4.14. The quantitative estimate of drug-likeness (QED) is 0.777. The molecule has 0 fully saturated rings. The second-order valence-corrected chi connectivity index (χ2v) is 4.20. The first-order chi connectivity index (χ1) is 8.90. The number of benzene rings is 1. The van der Waals surface area contributed by atoms with Gasteiger partial charge in [0.2, 0.25) is 0 Å². The molecular weight excluding hydrogens is 259 g/mol. The Morgan fingerprint density at radius 3 is 2.26 bits per heavy atom. The normalized spacial score (nSPS) is 13.1. The largest absolute Gasteiger partial charge is 0.497 e. The molecule has 1 aromatic carbocycles. The fraction of sp³-hybridized carbons (Fsp3) is 0.538. The highest BCUT2D eigenvalue weighted by molar-refractivity contribution is 5.31. The first-order valence-corrected chi connectivity index (χ1v) is 5.97. The third-order valence-electron chi connectivity index (χ3n) is 2.46. The lowest BCUT2D eigenvalue weighted by atomic mass is 10.2. The molecule has 0 amide bonds. The Hall–Kier alpha value is -1.43. The summed E-state index contributed by atoms with van der Waals surface area (Å²) in [4.78, 5) is 0. The van der Waals surface area contributed by atoms with E-state index in [-0.39, 0.29) is 0 Å². The average molecular weight is 277 g/mol. The molecule has 6 heteroatoms. The van der Waals surface area contributed by atoms with Crippen molar-refractivity contribution in [3.05, 3.63) is 24.3 Å². The number of nitrogens with one attached hydrogen (secondary N) is 1. The van der Waals surface area contributed by atoms with E-state index in [1.807, 2.05) is 0 Å². The van der Waals surface area contributed by atoms with Gasteiger partial charge in [0.15, 0.2) is 0 Å². The first-order valence-electron chi connectivity index (χ1n) is 5.97. The zero-order valence-corrected chi connectivity index (χ0v) is 11.0. The molecule has 0 saturated carbocycles. The topological polar surface area (TPSA) is 30.5 Å². The van der Waals surface area contributed by atoms with E-state index in [0.717, 1.165) is 5.75 Å². The lowest BCUT2D eigenvalue weighted by molar-refractivity contribution is -0.139. The summed E-state index contributed by atoms with van der Waals surface area (Å²) in [6.07, 6.45) is -4.97. The van der Waals surface area contributed by atoms with Crippen LogP contribution in [-0.2, 0) is 0 Å². The molecule has 0 radical (unpaired) electrons. The molecule has 0 heterocycles. The summed E-state index contributed by atoms with van der Waals surface area (Å²) in [7, 11) is 1.57. The summed E-state index contributed by atoms with van der Waals surface area (Å²) in [6, 6.07) is 6.40. The molecular formula is C13H18F3NO2. The van der Waals surface area contributed by atoms with Crippen LogP contribution < -0.4 is 14.8 Å². The Labute approximate surface area is 110 Å². The second-order valence-electron chi connectivity index (χ2n) is 4.20. The van der Waals surface area contributed by atoms with E-state index in [4.69, 9.17) is 9.47 Å². The van der Waals surface area contributed by atoms with Gasteiger partial charge in [0.05, 0.1) is 13.5 Å². The molecule has 0 aliphatic rings. The van der Waals surface area contributed by atoms with E-state index in [2.05, 4.69) is 5.32 Å². The van der Waals surface area contributed by atoms with E-state index in [0.29, 0.717) is 18.9 Å². The van der Waals surface area contributed by atoms with Crippen LogP contribution in [0.1, 0.15) is 13.3 Å². The molecule has 1 N–H and O–H groups in total. The monoisotopic (exact) mass is 277 g/mol. The number of rotatable bonds is 7. The average Bonchev–Trinajstić information content (AvgIpc) is 2.33. The van der Waals surface area contributed by atoms with Crippen LogP contribution in [0.5, 0.6) is 11.5 Å². The Kier molecular flexibility index (Phi) is 5.95. The molecule has 0 bridgehead atoms. The zero-order chi connectivity index (χ0) is 14.3. The van der Waals surface area contributed by atoms with Crippen molar-refractivity contribution >= 4 is 0 Å². The lowest BCUT2D eigenvalue weighted by Gasteiger charge is -2.16. The van der Waals surface area contributed by atoms with Crippen LogP contribution in [0.4, 0.5) is 13.2 Å². The van der Waals surface area contributed by atoms with Crippen molar-refractivity contribution in [2.75, 3.05) is 20.3 Å². The van der Waals surface area contributed by atoms with Crippen molar-refractivity contribution in [1.29, 1.82) is 0 Å². The highest BCUT2D eigenvalue weighted by Crippen LogP contribution is 2.21. The van der Waals surface area contributed by atoms with Gasteiger partial charge >= 0.3 is 6.18 Å². The highest BCUT2D eigenvalue weighted by Gasteiger charge is 2.29. The molecule has 0 spiro atoms. The minimum absolute atomic E-state index is 0.314. The molecule has 0 aliphatic heterocycles. The summed E-state index contributed by atoms with van der Waals surface area (Å²) in [6.45, 7) is 2.18. The van der Waals surface area contributed by atoms with Crippen LogP contribution in [0.25, 0.3) is 0 Å². The van der Waals surface area contributed by atoms with Crippen LogP contribution in [0.2, 0.25) is 0 Å². The van der Waals surface area contributed by atoms with Crippen molar-refractivity contribution in [1.82, 2.24) is 5.32 Å². The van der Waals surface area contributed by atoms with Crippen LogP contribution in [0.3, 0.4) is 0 Å². The molecule has 19 heavy (non-hydrogen) atoms. The van der Waals surface area contributed by atoms with Crippen molar-refractivity contribution in [2.45, 2.75) is 25.6 Å². The number of halogens is 3. The molecule has 0 saturated heterocycles. The van der Waals surface area contributed by atoms with Gasteiger partial charge in [-0.2, -0.15) is 13.2 Å². The van der Waals surface area contributed by atoms with E-state index >= 15 is 0 Å². The number of hydrogen-bond acceptors (Lipinski definition) is 3. The Morgan fingerprint density at radius 2 is 1.74 bits per heavy atom. The Morgan fingerprint density at radius 1 is 1.16 bits per heavy atom. The summed E-state index contributed by atoms with van der Waals surface area (Å²) in [5, 5.41) is 2.76. The summed E-state index contributed by atoms with van der Waals surface area (Å²) < 4.78 is 46.6. The van der Waals surface area contributed by atoms with Crippen molar-refractivity contribution < 1.29 is 22.6 Å². The van der Waals surface area contributed by atoms with Gasteiger partial charge in [0, 0.05) is 12.6 Å². The van der Waals surface area contributed by atoms with Crippen LogP contribution in [-0.4, -0.2) is 32.5 Å². The van der Waals surface area contributed by atoms with Gasteiger partial charge in [0.25, 0.3) is 0 Å². The van der Waals surface area contributed by atoms with Gasteiger partial charge in [-0.05, 0) is 31.2 Å². The molecule has 108 valence electrons. The maximum absolute atomic E-state index is 12.1. The van der Waals surface area contributed by atoms with Gasteiger partial charge in [-0.25, -0.2) is 0 Å². The van der Waals surface area contributed by atoms with Gasteiger partial charge in [-0.3, -0.25) is 0 Å². The van der Waals surface area contributed by atoms with Gasteiger partial charge in [-0.15, -0.1) is 0 Å². The van der Waals surface area contributed by atoms with Gasteiger partial charge in [-0.1, -0.05) is 0 Å². The number of methoxy groups -OCH3 is 1. The third kappa shape index (κ3) is 6.91.